The van der Waals surface area contributed by atoms with Gasteiger partial charge in [-0.05, 0) is 6.92 Å². The van der Waals surface area contributed by atoms with Crippen molar-refractivity contribution in [2.75, 3.05) is 6.54 Å². The molecule has 0 aliphatic carbocycles. The molecule has 1 atom stereocenters. The molecule has 0 aromatic rings. The predicted octanol–water partition coefficient (Wildman–Crippen LogP) is -2.56. The average Bonchev–Trinajstić information content (AvgIpc) is 2.02. The Morgan fingerprint density at radius 2 is 2.09 bits per heavy atom. The molecule has 0 aliphatic rings. The van der Waals surface area contributed by atoms with Gasteiger partial charge in [0, 0.05) is 0 Å². The van der Waals surface area contributed by atoms with E-state index in [1.807, 2.05) is 5.43 Å². The molecule has 0 aromatic carbocycles. The molecule has 0 heterocycles. The van der Waals surface area contributed by atoms with E-state index in [2.05, 4.69) is 5.32 Å². The molecule has 0 radical (unpaired) electrons. The summed E-state index contributed by atoms with van der Waals surface area (Å²) in [5.74, 6) is 3.97. The third-order valence-electron chi connectivity index (χ3n) is 1.10. The molecular formula is C5H12N4O2. The van der Waals surface area contributed by atoms with Crippen LogP contribution in [-0.2, 0) is 9.59 Å². The Morgan fingerprint density at radius 1 is 1.55 bits per heavy atom. The van der Waals surface area contributed by atoms with Gasteiger partial charge in [-0.3, -0.25) is 15.0 Å². The topological polar surface area (TPSA) is 110 Å². The molecule has 6 nitrogen and oxygen atoms in total. The molecule has 2 amide bonds. The van der Waals surface area contributed by atoms with Crippen molar-refractivity contribution in [2.45, 2.75) is 13.0 Å². The van der Waals surface area contributed by atoms with E-state index in [0.29, 0.717) is 0 Å². The van der Waals surface area contributed by atoms with E-state index in [9.17, 15) is 9.59 Å². The first-order chi connectivity index (χ1) is 5.11. The number of carbonyl (C=O) groups excluding carboxylic acids is 2. The molecule has 11 heavy (non-hydrogen) atoms. The van der Waals surface area contributed by atoms with Crippen molar-refractivity contribution in [1.29, 1.82) is 0 Å². The van der Waals surface area contributed by atoms with Crippen LogP contribution in [0.15, 0.2) is 0 Å². The zero-order valence-corrected chi connectivity index (χ0v) is 6.26. The quantitative estimate of drug-likeness (QED) is 0.207. The largest absolute Gasteiger partial charge is 0.343 e. The lowest BCUT2D eigenvalue weighted by Gasteiger charge is -2.10. The Labute approximate surface area is 64.3 Å². The Hall–Kier alpha value is -1.14. The minimum absolute atomic E-state index is 0.137. The number of hydrazine groups is 1. The lowest BCUT2D eigenvalue weighted by atomic mass is 10.3. The van der Waals surface area contributed by atoms with Gasteiger partial charge in [0.05, 0.1) is 6.54 Å². The smallest absolute Gasteiger partial charge is 0.256 e. The van der Waals surface area contributed by atoms with E-state index in [-0.39, 0.29) is 12.5 Å². The minimum atomic E-state index is -0.643. The van der Waals surface area contributed by atoms with Crippen LogP contribution in [0, 0.1) is 0 Å². The van der Waals surface area contributed by atoms with Gasteiger partial charge in [0.25, 0.3) is 5.91 Å². The molecule has 64 valence electrons. The first kappa shape index (κ1) is 9.86. The molecular weight excluding hydrogens is 148 g/mol. The Bertz CT molecular complexity index is 159. The van der Waals surface area contributed by atoms with Crippen molar-refractivity contribution in [2.24, 2.45) is 11.6 Å². The number of hydrogen-bond donors (Lipinski definition) is 4. The predicted molar refractivity (Wildman–Crippen MR) is 39.0 cm³/mol. The van der Waals surface area contributed by atoms with Crippen LogP contribution in [0.4, 0.5) is 0 Å². The van der Waals surface area contributed by atoms with Crippen LogP contribution in [0.1, 0.15) is 6.92 Å². The minimum Gasteiger partial charge on any atom is -0.343 e. The number of nitrogens with two attached hydrogens (primary N) is 2. The van der Waals surface area contributed by atoms with E-state index >= 15 is 0 Å². The molecule has 0 aliphatic heterocycles. The summed E-state index contributed by atoms with van der Waals surface area (Å²) in [4.78, 5) is 21.3. The van der Waals surface area contributed by atoms with E-state index in [4.69, 9.17) is 11.6 Å². The highest BCUT2D eigenvalue weighted by Crippen LogP contribution is 1.78. The van der Waals surface area contributed by atoms with Crippen molar-refractivity contribution in [3.8, 4) is 0 Å². The van der Waals surface area contributed by atoms with Gasteiger partial charge in [0.1, 0.15) is 6.04 Å². The summed E-state index contributed by atoms with van der Waals surface area (Å²) >= 11 is 0. The van der Waals surface area contributed by atoms with Gasteiger partial charge < -0.3 is 11.1 Å². The van der Waals surface area contributed by atoms with E-state index in [1.165, 1.54) is 6.92 Å². The standard InChI is InChI=1S/C5H12N4O2/c1-3(5(11)9-7)8-4(10)2-6/h3H,2,6-7H2,1H3,(H,8,10)(H,9,11)/t3-/m0/s1. The zero-order chi connectivity index (χ0) is 8.85. The monoisotopic (exact) mass is 160 g/mol. The van der Waals surface area contributed by atoms with Gasteiger partial charge in [-0.25, -0.2) is 5.84 Å². The maximum absolute atomic E-state index is 10.7. The molecule has 0 unspecified atom stereocenters. The summed E-state index contributed by atoms with van der Waals surface area (Å²) in [7, 11) is 0. The molecule has 0 spiro atoms. The Balaban J connectivity index is 3.77. The van der Waals surface area contributed by atoms with Gasteiger partial charge in [0.2, 0.25) is 5.91 Å². The van der Waals surface area contributed by atoms with Gasteiger partial charge in [0.15, 0.2) is 0 Å². The fourth-order valence-electron chi connectivity index (χ4n) is 0.491. The van der Waals surface area contributed by atoms with Crippen molar-refractivity contribution in [1.82, 2.24) is 10.7 Å². The molecule has 0 rings (SSSR count). The average molecular weight is 160 g/mol. The van der Waals surface area contributed by atoms with Crippen LogP contribution in [0.3, 0.4) is 0 Å². The second-order valence-electron chi connectivity index (χ2n) is 2.00. The Morgan fingerprint density at radius 3 is 2.45 bits per heavy atom. The van der Waals surface area contributed by atoms with Crippen molar-refractivity contribution < 1.29 is 9.59 Å². The summed E-state index contributed by atoms with van der Waals surface area (Å²) in [6, 6.07) is -0.643. The Kier molecular flexibility index (Phi) is 4.16. The van der Waals surface area contributed by atoms with Crippen LogP contribution in [-0.4, -0.2) is 24.4 Å². The van der Waals surface area contributed by atoms with E-state index in [1.54, 1.807) is 0 Å². The van der Waals surface area contributed by atoms with Gasteiger partial charge in [-0.1, -0.05) is 0 Å². The number of amides is 2. The molecule has 6 N–H and O–H groups in total. The summed E-state index contributed by atoms with van der Waals surface area (Å²) in [6.07, 6.45) is 0. The van der Waals surface area contributed by atoms with Gasteiger partial charge >= 0.3 is 0 Å². The third-order valence-corrected chi connectivity index (χ3v) is 1.10. The highest BCUT2D eigenvalue weighted by Gasteiger charge is 2.12. The molecule has 0 saturated heterocycles. The van der Waals surface area contributed by atoms with Crippen LogP contribution in [0.2, 0.25) is 0 Å². The lowest BCUT2D eigenvalue weighted by molar-refractivity contribution is -0.127. The van der Waals surface area contributed by atoms with Crippen LogP contribution in [0.25, 0.3) is 0 Å². The van der Waals surface area contributed by atoms with Crippen LogP contribution >= 0.6 is 0 Å². The number of nitrogens with one attached hydrogen (secondary N) is 2. The number of hydrogen-bond acceptors (Lipinski definition) is 4. The highest BCUT2D eigenvalue weighted by molar-refractivity contribution is 5.87. The van der Waals surface area contributed by atoms with Crippen molar-refractivity contribution in [3.05, 3.63) is 0 Å². The SMILES string of the molecule is C[C@H](NC(=O)CN)C(=O)NN. The fourth-order valence-corrected chi connectivity index (χ4v) is 0.491. The summed E-state index contributed by atoms with van der Waals surface area (Å²) in [6.45, 7) is 1.37. The van der Waals surface area contributed by atoms with Crippen LogP contribution in [0.5, 0.6) is 0 Å². The highest BCUT2D eigenvalue weighted by atomic mass is 16.2. The van der Waals surface area contributed by atoms with E-state index < -0.39 is 11.9 Å². The lowest BCUT2D eigenvalue weighted by Crippen LogP contribution is -2.48. The first-order valence-corrected chi connectivity index (χ1v) is 3.11. The molecule has 0 saturated carbocycles. The molecule has 6 heteroatoms. The number of rotatable bonds is 3. The van der Waals surface area contributed by atoms with E-state index in [0.717, 1.165) is 0 Å². The number of carbonyl (C=O) groups is 2. The maximum Gasteiger partial charge on any atom is 0.256 e. The fraction of sp³-hybridized carbons (Fsp3) is 0.600. The van der Waals surface area contributed by atoms with Crippen molar-refractivity contribution in [3.63, 3.8) is 0 Å². The summed E-state index contributed by atoms with van der Waals surface area (Å²) in [5.41, 5.74) is 6.89. The normalized spacial score (nSPS) is 11.9. The maximum atomic E-state index is 10.7. The molecule has 0 aromatic heterocycles. The third kappa shape index (κ3) is 3.54. The zero-order valence-electron chi connectivity index (χ0n) is 6.26. The molecule has 0 bridgehead atoms. The summed E-state index contributed by atoms with van der Waals surface area (Å²) in [5, 5.41) is 2.32. The second kappa shape index (κ2) is 4.64. The molecule has 0 fully saturated rings. The second-order valence-corrected chi connectivity index (χ2v) is 2.00. The van der Waals surface area contributed by atoms with Crippen molar-refractivity contribution >= 4 is 11.8 Å². The van der Waals surface area contributed by atoms with Gasteiger partial charge in [-0.15, -0.1) is 0 Å². The summed E-state index contributed by atoms with van der Waals surface area (Å²) < 4.78 is 0. The first-order valence-electron chi connectivity index (χ1n) is 3.11. The van der Waals surface area contributed by atoms with Crippen LogP contribution < -0.4 is 22.3 Å². The van der Waals surface area contributed by atoms with Gasteiger partial charge in [-0.2, -0.15) is 0 Å².